The monoisotopic (exact) mass is 528 g/mol. The van der Waals surface area contributed by atoms with Crippen LogP contribution in [0.2, 0.25) is 0 Å². The van der Waals surface area contributed by atoms with Gasteiger partial charge < -0.3 is 19.8 Å². The van der Waals surface area contributed by atoms with Gasteiger partial charge in [0.15, 0.2) is 5.11 Å². The van der Waals surface area contributed by atoms with E-state index < -0.39 is 0 Å². The number of hydrogen-bond acceptors (Lipinski definition) is 4. The van der Waals surface area contributed by atoms with E-state index in [4.69, 9.17) is 17.2 Å². The first-order valence-electron chi connectivity index (χ1n) is 13.4. The summed E-state index contributed by atoms with van der Waals surface area (Å²) in [6.45, 7) is 2.35. The van der Waals surface area contributed by atoms with Crippen molar-refractivity contribution >= 4 is 34.1 Å². The number of carbonyl (C=O) groups excluding carboxylic acids is 1. The topological polar surface area (TPSA) is 71.3 Å². The molecule has 0 saturated carbocycles. The van der Waals surface area contributed by atoms with Gasteiger partial charge in [-0.25, -0.2) is 4.98 Å². The molecule has 1 aliphatic heterocycles. The highest BCUT2D eigenvalue weighted by molar-refractivity contribution is 7.80. The second kappa shape index (κ2) is 11.9. The Balaban J connectivity index is 1.37. The fraction of sp³-hybridized carbons (Fsp3) is 0.367. The molecule has 4 aromatic rings. The van der Waals surface area contributed by atoms with Crippen molar-refractivity contribution in [2.75, 3.05) is 27.2 Å². The van der Waals surface area contributed by atoms with Crippen LogP contribution in [0.3, 0.4) is 0 Å². The number of aromatic amines is 2. The first kappa shape index (κ1) is 26.1. The minimum absolute atomic E-state index is 0.0705. The van der Waals surface area contributed by atoms with Gasteiger partial charge in [-0.15, -0.1) is 0 Å². The largest absolute Gasteiger partial charge is 0.361 e. The third-order valence-corrected chi connectivity index (χ3v) is 7.73. The Labute approximate surface area is 229 Å². The molecule has 0 spiro atoms. The van der Waals surface area contributed by atoms with E-state index in [-0.39, 0.29) is 11.9 Å². The lowest BCUT2D eigenvalue weighted by molar-refractivity contribution is -0.131. The summed E-state index contributed by atoms with van der Waals surface area (Å²) in [5.74, 6) is 0.837. The number of nitrogens with one attached hydrogen (secondary N) is 2. The predicted molar refractivity (Wildman–Crippen MR) is 157 cm³/mol. The number of carbonyl (C=O) groups is 1. The molecular weight excluding hydrogens is 492 g/mol. The number of para-hydroxylation sites is 1. The summed E-state index contributed by atoms with van der Waals surface area (Å²) in [5.41, 5.74) is 4.25. The van der Waals surface area contributed by atoms with E-state index in [2.05, 4.69) is 64.2 Å². The van der Waals surface area contributed by atoms with E-state index in [1.54, 1.807) is 0 Å². The van der Waals surface area contributed by atoms with Gasteiger partial charge in [-0.1, -0.05) is 61.4 Å². The van der Waals surface area contributed by atoms with Crippen molar-refractivity contribution in [3.8, 4) is 11.3 Å². The number of imidazole rings is 1. The fourth-order valence-corrected chi connectivity index (χ4v) is 5.58. The van der Waals surface area contributed by atoms with Gasteiger partial charge in [0.2, 0.25) is 5.91 Å². The average molecular weight is 529 g/mol. The molecule has 198 valence electrons. The number of aromatic nitrogens is 3. The molecule has 0 radical (unpaired) electrons. The molecule has 8 heteroatoms. The maximum absolute atomic E-state index is 13.4. The van der Waals surface area contributed by atoms with Gasteiger partial charge in [0.1, 0.15) is 5.82 Å². The van der Waals surface area contributed by atoms with Gasteiger partial charge in [0.25, 0.3) is 0 Å². The van der Waals surface area contributed by atoms with Crippen LogP contribution >= 0.6 is 12.2 Å². The molecule has 1 atom stereocenters. The standard InChI is InChI=1S/C30H36N6OS/c1-34(2)16-10-3-4-11-17-35-28(37)18-27(29-32-20-26(33-29)22-12-6-5-7-13-22)36(30(35)38)21-23-19-31-25-15-9-8-14-24(23)25/h5-9,12-15,19-20,27,31H,3-4,10-11,16-18,21H2,1-2H3,(H,32,33). The molecule has 0 aliphatic carbocycles. The predicted octanol–water partition coefficient (Wildman–Crippen LogP) is 5.74. The van der Waals surface area contributed by atoms with Gasteiger partial charge in [0.05, 0.1) is 24.4 Å². The Kier molecular flexibility index (Phi) is 8.20. The molecule has 0 bridgehead atoms. The van der Waals surface area contributed by atoms with Gasteiger partial charge in [-0.3, -0.25) is 9.69 Å². The van der Waals surface area contributed by atoms with Crippen molar-refractivity contribution in [2.45, 2.75) is 44.7 Å². The number of thiocarbonyl (C=S) groups is 1. The Morgan fingerprint density at radius 3 is 2.61 bits per heavy atom. The van der Waals surface area contributed by atoms with Crippen LogP contribution in [-0.2, 0) is 11.3 Å². The van der Waals surface area contributed by atoms with Gasteiger partial charge in [0, 0.05) is 30.2 Å². The summed E-state index contributed by atoms with van der Waals surface area (Å²) >= 11 is 6.01. The smallest absolute Gasteiger partial charge is 0.231 e. The van der Waals surface area contributed by atoms with Crippen LogP contribution in [0.15, 0.2) is 67.0 Å². The quantitative estimate of drug-likeness (QED) is 0.192. The number of H-pyrrole nitrogens is 2. The Morgan fingerprint density at radius 2 is 1.79 bits per heavy atom. The van der Waals surface area contributed by atoms with Crippen molar-refractivity contribution < 1.29 is 4.79 Å². The van der Waals surface area contributed by atoms with E-state index in [0.29, 0.717) is 24.6 Å². The number of rotatable bonds is 11. The molecular formula is C30H36N6OS. The SMILES string of the molecule is CN(C)CCCCCCN1C(=O)CC(c2ncc(-c3ccccc3)[nH]2)N(Cc2c[nH]c3ccccc23)C1=S. The van der Waals surface area contributed by atoms with Crippen molar-refractivity contribution in [3.63, 3.8) is 0 Å². The zero-order chi connectivity index (χ0) is 26.5. The number of amides is 1. The molecule has 1 amide bonds. The summed E-state index contributed by atoms with van der Waals surface area (Å²) in [6.07, 6.45) is 8.60. The molecule has 5 rings (SSSR count). The van der Waals surface area contributed by atoms with Crippen LogP contribution < -0.4 is 0 Å². The first-order chi connectivity index (χ1) is 18.5. The van der Waals surface area contributed by atoms with E-state index in [0.717, 1.165) is 54.0 Å². The molecule has 38 heavy (non-hydrogen) atoms. The Bertz CT molecular complexity index is 1380. The molecule has 2 aromatic carbocycles. The minimum Gasteiger partial charge on any atom is -0.361 e. The van der Waals surface area contributed by atoms with Crippen LogP contribution in [-0.4, -0.2) is 67.9 Å². The lowest BCUT2D eigenvalue weighted by Gasteiger charge is -2.42. The van der Waals surface area contributed by atoms with Crippen LogP contribution in [0, 0.1) is 0 Å². The van der Waals surface area contributed by atoms with Crippen LogP contribution in [0.4, 0.5) is 0 Å². The van der Waals surface area contributed by atoms with E-state index in [1.807, 2.05) is 41.6 Å². The number of hydrogen-bond donors (Lipinski definition) is 2. The van der Waals surface area contributed by atoms with Crippen LogP contribution in [0.25, 0.3) is 22.2 Å². The summed E-state index contributed by atoms with van der Waals surface area (Å²) in [7, 11) is 4.21. The normalized spacial score (nSPS) is 16.2. The van der Waals surface area contributed by atoms with Gasteiger partial charge in [-0.05, 0) is 62.9 Å². The lowest BCUT2D eigenvalue weighted by atomic mass is 10.1. The highest BCUT2D eigenvalue weighted by Gasteiger charge is 2.38. The highest BCUT2D eigenvalue weighted by Crippen LogP contribution is 2.33. The maximum Gasteiger partial charge on any atom is 0.231 e. The highest BCUT2D eigenvalue weighted by atomic mass is 32.1. The van der Waals surface area contributed by atoms with Crippen LogP contribution in [0.5, 0.6) is 0 Å². The van der Waals surface area contributed by atoms with Gasteiger partial charge >= 0.3 is 0 Å². The summed E-state index contributed by atoms with van der Waals surface area (Å²) in [5, 5.41) is 1.75. The zero-order valence-electron chi connectivity index (χ0n) is 22.2. The maximum atomic E-state index is 13.4. The van der Waals surface area contributed by atoms with Crippen molar-refractivity contribution in [3.05, 3.63) is 78.4 Å². The summed E-state index contributed by atoms with van der Waals surface area (Å²) in [6, 6.07) is 18.2. The van der Waals surface area contributed by atoms with Crippen molar-refractivity contribution in [2.24, 2.45) is 0 Å². The van der Waals surface area contributed by atoms with E-state index in [9.17, 15) is 4.79 Å². The minimum atomic E-state index is -0.252. The molecule has 3 heterocycles. The fourth-order valence-electron chi connectivity index (χ4n) is 5.19. The summed E-state index contributed by atoms with van der Waals surface area (Å²) < 4.78 is 0. The molecule has 1 saturated heterocycles. The van der Waals surface area contributed by atoms with E-state index >= 15 is 0 Å². The lowest BCUT2D eigenvalue weighted by Crippen LogP contribution is -2.53. The molecule has 1 aliphatic rings. The summed E-state index contributed by atoms with van der Waals surface area (Å²) in [4.78, 5) is 31.2. The second-order valence-corrected chi connectivity index (χ2v) is 10.7. The molecule has 7 nitrogen and oxygen atoms in total. The zero-order valence-corrected chi connectivity index (χ0v) is 23.0. The third-order valence-electron chi connectivity index (χ3n) is 7.27. The number of nitrogens with zero attached hydrogens (tertiary/aromatic N) is 4. The number of benzene rings is 2. The number of fused-ring (bicyclic) bond motifs is 1. The Hall–Kier alpha value is -3.49. The first-order valence-corrected chi connectivity index (χ1v) is 13.8. The van der Waals surface area contributed by atoms with Crippen molar-refractivity contribution in [1.29, 1.82) is 0 Å². The third kappa shape index (κ3) is 5.81. The molecule has 1 fully saturated rings. The van der Waals surface area contributed by atoms with Gasteiger partial charge in [-0.2, -0.15) is 0 Å². The van der Waals surface area contributed by atoms with E-state index in [1.165, 1.54) is 11.8 Å². The molecule has 1 unspecified atom stereocenters. The van der Waals surface area contributed by atoms with Crippen LogP contribution in [0.1, 0.15) is 49.5 Å². The molecule has 2 aromatic heterocycles. The second-order valence-electron chi connectivity index (χ2n) is 10.3. The van der Waals surface area contributed by atoms with Crippen molar-refractivity contribution in [1.82, 2.24) is 29.7 Å². The Morgan fingerprint density at radius 1 is 1.03 bits per heavy atom. The average Bonchev–Trinajstić information content (AvgIpc) is 3.57. The number of unbranched alkanes of at least 4 members (excludes halogenated alkanes) is 3. The molecule has 2 N–H and O–H groups in total.